The number of aromatic nitrogens is 4. The van der Waals surface area contributed by atoms with Gasteiger partial charge in [-0.1, -0.05) is 31.9 Å². The van der Waals surface area contributed by atoms with Crippen LogP contribution in [0.1, 0.15) is 11.1 Å². The van der Waals surface area contributed by atoms with Crippen molar-refractivity contribution >= 4 is 78.5 Å². The van der Waals surface area contributed by atoms with Crippen LogP contribution < -0.4 is 10.6 Å². The van der Waals surface area contributed by atoms with Crippen LogP contribution in [-0.2, 0) is 19.2 Å². The normalized spacial score (nSPS) is 16.5. The number of hydrogen-bond donors (Lipinski definition) is 2. The predicted molar refractivity (Wildman–Crippen MR) is 94.6 cm³/mol. The summed E-state index contributed by atoms with van der Waals surface area (Å²) in [6.45, 7) is 0. The van der Waals surface area contributed by atoms with Gasteiger partial charge in [0.1, 0.15) is 11.6 Å². The Morgan fingerprint density at radius 1 is 1.00 bits per heavy atom. The highest BCUT2D eigenvalue weighted by Crippen LogP contribution is 2.46. The number of halogens is 4. The molecular formula is C12H6Br2Cl2N6O2. The van der Waals surface area contributed by atoms with Crippen molar-refractivity contribution in [2.24, 2.45) is 0 Å². The number of fused-ring (bicyclic) bond motifs is 2. The molecule has 0 aromatic carbocycles. The molecule has 24 heavy (non-hydrogen) atoms. The lowest BCUT2D eigenvalue weighted by atomic mass is 10.3. The summed E-state index contributed by atoms with van der Waals surface area (Å²) in [7, 11) is 0. The van der Waals surface area contributed by atoms with E-state index in [2.05, 4.69) is 62.4 Å². The van der Waals surface area contributed by atoms with E-state index >= 15 is 0 Å². The first-order chi connectivity index (χ1) is 11.3. The van der Waals surface area contributed by atoms with Crippen LogP contribution >= 0.6 is 55.1 Å². The van der Waals surface area contributed by atoms with Gasteiger partial charge in [0.25, 0.3) is 5.91 Å². The van der Waals surface area contributed by atoms with Crippen molar-refractivity contribution in [1.29, 1.82) is 0 Å². The average Bonchev–Trinajstić information content (AvgIpc) is 2.96. The first-order valence-corrected chi connectivity index (χ1v) is 8.65. The smallest absolute Gasteiger partial charge is 0.258 e. The van der Waals surface area contributed by atoms with Crippen LogP contribution in [0.25, 0.3) is 0 Å². The van der Waals surface area contributed by atoms with Gasteiger partial charge in [-0.2, -0.15) is 4.98 Å². The van der Waals surface area contributed by atoms with Gasteiger partial charge in [0.05, 0.1) is 12.0 Å². The molecule has 0 atom stereocenters. The molecule has 0 saturated carbocycles. The van der Waals surface area contributed by atoms with Gasteiger partial charge in [-0.05, 0) is 23.2 Å². The number of nitrogens with one attached hydrogen (secondary N) is 2. The highest BCUT2D eigenvalue weighted by molar-refractivity contribution is 9.25. The van der Waals surface area contributed by atoms with E-state index in [0.29, 0.717) is 23.6 Å². The van der Waals surface area contributed by atoms with Gasteiger partial charge in [-0.15, -0.1) is 0 Å². The van der Waals surface area contributed by atoms with Gasteiger partial charge in [0.2, 0.25) is 16.5 Å². The maximum atomic E-state index is 11.3. The summed E-state index contributed by atoms with van der Waals surface area (Å²) in [4.78, 5) is 37.4. The van der Waals surface area contributed by atoms with Gasteiger partial charge in [0.15, 0.2) is 3.23 Å². The zero-order valence-corrected chi connectivity index (χ0v) is 16.2. The lowest BCUT2D eigenvalue weighted by Gasteiger charge is -2.08. The van der Waals surface area contributed by atoms with Crippen molar-refractivity contribution in [2.45, 2.75) is 9.65 Å². The third kappa shape index (κ3) is 3.37. The summed E-state index contributed by atoms with van der Waals surface area (Å²) in [5.41, 5.74) is 1.43. The number of amides is 2. The molecule has 0 unspecified atom stereocenters. The molecule has 2 aromatic heterocycles. The van der Waals surface area contributed by atoms with E-state index < -0.39 is 3.23 Å². The Morgan fingerprint density at radius 2 is 1.62 bits per heavy atom. The van der Waals surface area contributed by atoms with Crippen molar-refractivity contribution in [3.05, 3.63) is 34.1 Å². The van der Waals surface area contributed by atoms with E-state index in [9.17, 15) is 9.59 Å². The van der Waals surface area contributed by atoms with E-state index in [-0.39, 0.29) is 22.4 Å². The number of alkyl halides is 2. The zero-order chi connectivity index (χ0) is 17.5. The fourth-order valence-electron chi connectivity index (χ4n) is 1.97. The van der Waals surface area contributed by atoms with Gasteiger partial charge in [-0.25, -0.2) is 15.0 Å². The van der Waals surface area contributed by atoms with Gasteiger partial charge >= 0.3 is 0 Å². The third-order valence-corrected chi connectivity index (χ3v) is 5.00. The largest absolute Gasteiger partial charge is 0.310 e. The van der Waals surface area contributed by atoms with E-state index in [1.165, 1.54) is 6.20 Å². The van der Waals surface area contributed by atoms with Gasteiger partial charge in [-0.3, -0.25) is 9.59 Å². The minimum atomic E-state index is -0.931. The highest BCUT2D eigenvalue weighted by Gasteiger charge is 2.44. The minimum absolute atomic E-state index is 0.0587. The number of hydrogen-bond acceptors (Lipinski definition) is 6. The van der Waals surface area contributed by atoms with Crippen LogP contribution in [0.3, 0.4) is 0 Å². The minimum Gasteiger partial charge on any atom is -0.310 e. The highest BCUT2D eigenvalue weighted by atomic mass is 79.9. The van der Waals surface area contributed by atoms with Crippen molar-refractivity contribution in [3.63, 3.8) is 0 Å². The van der Waals surface area contributed by atoms with Crippen LogP contribution in [-0.4, -0.2) is 31.8 Å². The molecule has 0 bridgehead atoms. The Morgan fingerprint density at radius 3 is 2.33 bits per heavy atom. The molecule has 0 saturated heterocycles. The summed E-state index contributed by atoms with van der Waals surface area (Å²) in [5.74, 6) is 0.671. The molecule has 2 N–H and O–H groups in total. The lowest BCUT2D eigenvalue weighted by molar-refractivity contribution is -0.116. The summed E-state index contributed by atoms with van der Waals surface area (Å²) in [6.07, 6.45) is 3.40. The Hall–Kier alpha value is -1.36. The van der Waals surface area contributed by atoms with Crippen molar-refractivity contribution in [3.8, 4) is 0 Å². The molecule has 12 heteroatoms. The third-order valence-electron chi connectivity index (χ3n) is 3.06. The average molecular weight is 497 g/mol. The fraction of sp³-hybridized carbons (Fsp3) is 0.167. The van der Waals surface area contributed by atoms with E-state index in [1.807, 2.05) is 0 Å². The second-order valence-corrected chi connectivity index (χ2v) is 8.79. The first-order valence-electron chi connectivity index (χ1n) is 6.31. The fourth-order valence-corrected chi connectivity index (χ4v) is 3.01. The molecule has 4 rings (SSSR count). The molecule has 2 aromatic rings. The van der Waals surface area contributed by atoms with E-state index in [0.717, 1.165) is 5.56 Å². The molecule has 4 heterocycles. The maximum Gasteiger partial charge on any atom is 0.258 e. The summed E-state index contributed by atoms with van der Waals surface area (Å²) < 4.78 is -0.931. The maximum absolute atomic E-state index is 11.3. The summed E-state index contributed by atoms with van der Waals surface area (Å²) in [6, 6.07) is 0. The molecule has 0 radical (unpaired) electrons. The Labute approximate surface area is 162 Å². The summed E-state index contributed by atoms with van der Waals surface area (Å²) in [5, 5.41) is 5.39. The second kappa shape index (κ2) is 6.51. The SMILES string of the molecule is O=C1Cc2cnc(Cl)nc2N1.O=C1Nc2nc(Cl)ncc2C1(Br)Br. The molecule has 0 aliphatic carbocycles. The molecular weight excluding hydrogens is 491 g/mol. The number of anilines is 2. The Balaban J connectivity index is 0.000000143. The Bertz CT molecular complexity index is 863. The quantitative estimate of drug-likeness (QED) is 0.428. The van der Waals surface area contributed by atoms with Crippen molar-refractivity contribution in [2.75, 3.05) is 10.6 Å². The number of rotatable bonds is 0. The molecule has 2 aliphatic rings. The van der Waals surface area contributed by atoms with Crippen LogP contribution in [0.2, 0.25) is 10.6 Å². The molecule has 2 aliphatic heterocycles. The monoisotopic (exact) mass is 494 g/mol. The molecule has 124 valence electrons. The molecule has 0 fully saturated rings. The predicted octanol–water partition coefficient (Wildman–Crippen LogP) is 2.65. The van der Waals surface area contributed by atoms with Gasteiger partial charge in [0, 0.05) is 18.0 Å². The van der Waals surface area contributed by atoms with Crippen LogP contribution in [0.15, 0.2) is 12.4 Å². The zero-order valence-electron chi connectivity index (χ0n) is 11.5. The lowest BCUT2D eigenvalue weighted by Crippen LogP contribution is -2.20. The number of carbonyl (C=O) groups is 2. The first kappa shape index (κ1) is 17.5. The van der Waals surface area contributed by atoms with Crippen LogP contribution in [0.4, 0.5) is 11.6 Å². The summed E-state index contributed by atoms with van der Waals surface area (Å²) >= 11 is 17.5. The molecule has 0 spiro atoms. The van der Waals surface area contributed by atoms with Crippen LogP contribution in [0.5, 0.6) is 0 Å². The molecule has 2 amide bonds. The second-order valence-electron chi connectivity index (χ2n) is 4.67. The molecule has 8 nitrogen and oxygen atoms in total. The Kier molecular flexibility index (Phi) is 4.73. The number of carbonyl (C=O) groups excluding carboxylic acids is 2. The van der Waals surface area contributed by atoms with Gasteiger partial charge < -0.3 is 10.6 Å². The van der Waals surface area contributed by atoms with Crippen LogP contribution in [0, 0.1) is 0 Å². The van der Waals surface area contributed by atoms with Crippen molar-refractivity contribution < 1.29 is 9.59 Å². The standard InChI is InChI=1S/C6H2Br2ClN3O.C6H4ClN3O/c7-6(8)2-1-10-5(9)12-3(2)11-4(6)13;7-6-8-2-3-1-4(11)9-5(3)10-6/h1H,(H,10,11,12,13);2H,1H2,(H,8,9,10,11). The van der Waals surface area contributed by atoms with E-state index in [1.54, 1.807) is 6.20 Å². The van der Waals surface area contributed by atoms with Crippen molar-refractivity contribution in [1.82, 2.24) is 19.9 Å². The number of nitrogens with zero attached hydrogens (tertiary/aromatic N) is 4. The topological polar surface area (TPSA) is 110 Å². The van der Waals surface area contributed by atoms with E-state index in [4.69, 9.17) is 23.2 Å².